The number of hydrogen-bond acceptors (Lipinski definition) is 9. The molecule has 0 spiro atoms. The van der Waals surface area contributed by atoms with Gasteiger partial charge in [-0.2, -0.15) is 4.98 Å². The van der Waals surface area contributed by atoms with Crippen LogP contribution in [0.2, 0.25) is 0 Å². The minimum Gasteiger partial charge on any atom is -0.464 e. The first-order valence-corrected chi connectivity index (χ1v) is 19.4. The van der Waals surface area contributed by atoms with Gasteiger partial charge in [-0.25, -0.2) is 0 Å². The summed E-state index contributed by atoms with van der Waals surface area (Å²) in [6.45, 7) is 16.9. The van der Waals surface area contributed by atoms with Gasteiger partial charge in [-0.3, -0.25) is 4.79 Å². The number of likely N-dealkylation sites (N-methyl/N-ethyl adjacent to an activating group) is 1. The van der Waals surface area contributed by atoms with E-state index in [9.17, 15) is 4.79 Å². The molecule has 9 heteroatoms. The molecule has 0 aliphatic carbocycles. The molecule has 1 aliphatic heterocycles. The molecule has 1 fully saturated rings. The Morgan fingerprint density at radius 1 is 0.882 bits per heavy atom. The number of nitrogens with zero attached hydrogens (tertiary/aromatic N) is 4. The Balaban J connectivity index is 0.000000233. The van der Waals surface area contributed by atoms with Crippen LogP contribution in [-0.2, 0) is 20.7 Å². The van der Waals surface area contributed by atoms with Crippen LogP contribution in [-0.4, -0.2) is 91.0 Å². The van der Waals surface area contributed by atoms with E-state index in [1.54, 1.807) is 0 Å². The van der Waals surface area contributed by atoms with Gasteiger partial charge in [-0.1, -0.05) is 118 Å². The standard InChI is InChI=1S/C24H33NO3.C18H28N4O/c1-3-25(4-2)14-16-28-24(26)21(18-22-12-8-15-27-22)17-20-11-7-10-19-9-5-6-13-23(19)20;1-3-5-13-22(14-6-4-2)15-12-19-18-20-17(21-23-18)16-10-8-7-9-11-16/h5-7,9-11,13,21-22H,3-4,8,12,14-18H2,1-2H3;7-11H,3-6,12-15H2,1-2H3,(H,19,20,21). The monoisotopic (exact) mass is 699 g/mol. The van der Waals surface area contributed by atoms with Crippen LogP contribution in [0.5, 0.6) is 0 Å². The van der Waals surface area contributed by atoms with Gasteiger partial charge in [0.15, 0.2) is 0 Å². The first-order chi connectivity index (χ1) is 25.0. The third-order valence-corrected chi connectivity index (χ3v) is 9.62. The predicted octanol–water partition coefficient (Wildman–Crippen LogP) is 8.50. The van der Waals surface area contributed by atoms with E-state index in [0.717, 1.165) is 77.2 Å². The summed E-state index contributed by atoms with van der Waals surface area (Å²) in [6.07, 6.45) is 8.72. The molecule has 278 valence electrons. The summed E-state index contributed by atoms with van der Waals surface area (Å²) in [4.78, 5) is 22.1. The van der Waals surface area contributed by atoms with E-state index < -0.39 is 0 Å². The molecule has 2 atom stereocenters. The quantitative estimate of drug-likeness (QED) is 0.0860. The minimum absolute atomic E-state index is 0.0874. The summed E-state index contributed by atoms with van der Waals surface area (Å²) in [5, 5.41) is 9.69. The van der Waals surface area contributed by atoms with E-state index in [-0.39, 0.29) is 18.0 Å². The number of fused-ring (bicyclic) bond motifs is 1. The number of rotatable bonds is 21. The van der Waals surface area contributed by atoms with Crippen LogP contribution in [0, 0.1) is 5.92 Å². The van der Waals surface area contributed by atoms with Gasteiger partial charge in [-0.15, -0.1) is 0 Å². The number of esters is 1. The second-order valence-electron chi connectivity index (χ2n) is 13.4. The topological polar surface area (TPSA) is 93.0 Å². The van der Waals surface area contributed by atoms with Crippen molar-refractivity contribution >= 4 is 22.8 Å². The van der Waals surface area contributed by atoms with Gasteiger partial charge in [0.25, 0.3) is 0 Å². The molecule has 3 aromatic carbocycles. The zero-order valence-corrected chi connectivity index (χ0v) is 31.5. The van der Waals surface area contributed by atoms with Gasteiger partial charge in [-0.05, 0) is 81.0 Å². The van der Waals surface area contributed by atoms with Gasteiger partial charge in [0.2, 0.25) is 5.82 Å². The lowest BCUT2D eigenvalue weighted by atomic mass is 9.90. The number of unbranched alkanes of at least 4 members (excludes halogenated alkanes) is 2. The van der Waals surface area contributed by atoms with E-state index in [4.69, 9.17) is 14.0 Å². The summed E-state index contributed by atoms with van der Waals surface area (Å²) >= 11 is 0. The molecule has 1 aromatic heterocycles. The molecule has 4 aromatic rings. The molecule has 0 saturated carbocycles. The molecule has 1 N–H and O–H groups in total. The molecule has 2 heterocycles. The molecule has 0 radical (unpaired) electrons. The first-order valence-electron chi connectivity index (χ1n) is 19.4. The van der Waals surface area contributed by atoms with E-state index in [1.807, 2.05) is 30.3 Å². The number of ether oxygens (including phenoxy) is 2. The van der Waals surface area contributed by atoms with Crippen LogP contribution >= 0.6 is 0 Å². The Morgan fingerprint density at radius 2 is 1.61 bits per heavy atom. The lowest BCUT2D eigenvalue weighted by Crippen LogP contribution is -2.31. The highest BCUT2D eigenvalue weighted by Crippen LogP contribution is 2.27. The molecule has 0 amide bonds. The summed E-state index contributed by atoms with van der Waals surface area (Å²) < 4.78 is 16.8. The fourth-order valence-electron chi connectivity index (χ4n) is 6.50. The molecular weight excluding hydrogens is 638 g/mol. The van der Waals surface area contributed by atoms with Gasteiger partial charge in [0, 0.05) is 31.8 Å². The second-order valence-corrected chi connectivity index (χ2v) is 13.4. The highest BCUT2D eigenvalue weighted by Gasteiger charge is 2.28. The van der Waals surface area contributed by atoms with Crippen LogP contribution < -0.4 is 5.32 Å². The van der Waals surface area contributed by atoms with Crippen LogP contribution in [0.3, 0.4) is 0 Å². The molecule has 1 saturated heterocycles. The molecular formula is C42H61N5O4. The Hall–Kier alpha value is -3.79. The normalized spacial score (nSPS) is 14.8. The minimum atomic E-state index is -0.161. The molecule has 9 nitrogen and oxygen atoms in total. The van der Waals surface area contributed by atoms with E-state index in [0.29, 0.717) is 24.9 Å². The summed E-state index contributed by atoms with van der Waals surface area (Å²) in [5.74, 6) is 0.378. The number of carbonyl (C=O) groups excluding carboxylic acids is 1. The molecule has 5 rings (SSSR count). The van der Waals surface area contributed by atoms with Crippen LogP contribution in [0.15, 0.2) is 77.3 Å². The number of hydrogen-bond donors (Lipinski definition) is 1. The van der Waals surface area contributed by atoms with Crippen molar-refractivity contribution in [1.82, 2.24) is 19.9 Å². The largest absolute Gasteiger partial charge is 0.464 e. The van der Waals surface area contributed by atoms with Crippen LogP contribution in [0.1, 0.15) is 78.2 Å². The Labute approximate surface area is 306 Å². The Kier molecular flexibility index (Phi) is 18.0. The van der Waals surface area contributed by atoms with Crippen molar-refractivity contribution in [2.75, 3.05) is 64.3 Å². The fraction of sp³-hybridized carbons (Fsp3) is 0.548. The van der Waals surface area contributed by atoms with E-state index in [1.165, 1.54) is 42.0 Å². The molecule has 0 bridgehead atoms. The molecule has 2 unspecified atom stereocenters. The summed E-state index contributed by atoms with van der Waals surface area (Å²) in [7, 11) is 0. The Morgan fingerprint density at radius 3 is 2.31 bits per heavy atom. The first kappa shape index (κ1) is 40.0. The average Bonchev–Trinajstić information content (AvgIpc) is 3.87. The highest BCUT2D eigenvalue weighted by molar-refractivity contribution is 5.86. The van der Waals surface area contributed by atoms with Crippen LogP contribution in [0.25, 0.3) is 22.2 Å². The third kappa shape index (κ3) is 13.7. The van der Waals surface area contributed by atoms with Gasteiger partial charge in [0.1, 0.15) is 6.61 Å². The zero-order valence-electron chi connectivity index (χ0n) is 31.5. The Bertz CT molecular complexity index is 1510. The van der Waals surface area contributed by atoms with Crippen molar-refractivity contribution in [1.29, 1.82) is 0 Å². The number of anilines is 1. The number of nitrogens with one attached hydrogen (secondary N) is 1. The van der Waals surface area contributed by atoms with E-state index in [2.05, 4.69) is 95.4 Å². The number of aromatic nitrogens is 2. The lowest BCUT2D eigenvalue weighted by Gasteiger charge is -2.22. The number of carbonyl (C=O) groups is 1. The van der Waals surface area contributed by atoms with Gasteiger partial charge < -0.3 is 29.1 Å². The smallest absolute Gasteiger partial charge is 0.321 e. The maximum absolute atomic E-state index is 12.9. The fourth-order valence-corrected chi connectivity index (χ4v) is 6.50. The van der Waals surface area contributed by atoms with Crippen molar-refractivity contribution in [2.24, 2.45) is 5.92 Å². The third-order valence-electron chi connectivity index (χ3n) is 9.62. The van der Waals surface area contributed by atoms with Crippen molar-refractivity contribution < 1.29 is 18.8 Å². The van der Waals surface area contributed by atoms with Gasteiger partial charge >= 0.3 is 12.0 Å². The number of benzene rings is 3. The second kappa shape index (κ2) is 22.9. The average molecular weight is 700 g/mol. The predicted molar refractivity (Wildman–Crippen MR) is 208 cm³/mol. The van der Waals surface area contributed by atoms with Crippen molar-refractivity contribution in [2.45, 2.75) is 85.2 Å². The van der Waals surface area contributed by atoms with Crippen molar-refractivity contribution in [3.8, 4) is 11.4 Å². The maximum atomic E-state index is 12.9. The zero-order chi connectivity index (χ0) is 36.1. The SMILES string of the molecule is CCCCN(CCCC)CCNc1nc(-c2ccccc2)no1.CCN(CC)CCOC(=O)C(Cc1cccc2ccccc12)CC1CCCO1. The van der Waals surface area contributed by atoms with Crippen molar-refractivity contribution in [3.63, 3.8) is 0 Å². The lowest BCUT2D eigenvalue weighted by molar-refractivity contribution is -0.150. The maximum Gasteiger partial charge on any atom is 0.321 e. The highest BCUT2D eigenvalue weighted by atomic mass is 16.5. The van der Waals surface area contributed by atoms with E-state index >= 15 is 0 Å². The molecule has 1 aliphatic rings. The summed E-state index contributed by atoms with van der Waals surface area (Å²) in [5.41, 5.74) is 2.18. The van der Waals surface area contributed by atoms with Crippen LogP contribution in [0.4, 0.5) is 6.01 Å². The summed E-state index contributed by atoms with van der Waals surface area (Å²) in [6, 6.07) is 25.1. The molecule has 51 heavy (non-hydrogen) atoms. The van der Waals surface area contributed by atoms with Crippen molar-refractivity contribution in [3.05, 3.63) is 78.4 Å². The van der Waals surface area contributed by atoms with Gasteiger partial charge in [0.05, 0.1) is 12.0 Å².